The molecule has 1 unspecified atom stereocenters. The van der Waals surface area contributed by atoms with Crippen molar-refractivity contribution in [1.82, 2.24) is 5.32 Å². The van der Waals surface area contributed by atoms with E-state index in [1.807, 2.05) is 18.2 Å². The van der Waals surface area contributed by atoms with Crippen molar-refractivity contribution in [2.24, 2.45) is 5.73 Å². The topological polar surface area (TPSA) is 77.5 Å². The Kier molecular flexibility index (Phi) is 2.29. The Bertz CT molecular complexity index is 391. The van der Waals surface area contributed by atoms with E-state index in [1.54, 1.807) is 12.1 Å². The first-order valence-electron chi connectivity index (χ1n) is 4.55. The fourth-order valence-corrected chi connectivity index (χ4v) is 1.47. The summed E-state index contributed by atoms with van der Waals surface area (Å²) >= 11 is 0. The van der Waals surface area contributed by atoms with Crippen LogP contribution in [0.3, 0.4) is 0 Å². The molecule has 1 aromatic carbocycles. The molecule has 1 radical (unpaired) electrons. The second-order valence-electron chi connectivity index (χ2n) is 3.28. The van der Waals surface area contributed by atoms with Crippen LogP contribution < -0.4 is 16.0 Å². The Hall–Kier alpha value is -2.04. The molecular formula is C10H10N3O2. The predicted molar refractivity (Wildman–Crippen MR) is 54.3 cm³/mol. The molecule has 77 valence electrons. The van der Waals surface area contributed by atoms with Crippen molar-refractivity contribution in [2.45, 2.75) is 6.04 Å². The van der Waals surface area contributed by atoms with Crippen LogP contribution in [0.4, 0.5) is 10.5 Å². The molecule has 3 amide bonds. The zero-order valence-corrected chi connectivity index (χ0v) is 7.96. The van der Waals surface area contributed by atoms with E-state index in [9.17, 15) is 9.59 Å². The molecule has 5 heteroatoms. The van der Waals surface area contributed by atoms with E-state index in [-0.39, 0.29) is 6.54 Å². The van der Waals surface area contributed by atoms with E-state index in [2.05, 4.69) is 5.32 Å². The fraction of sp³-hybridized carbons (Fsp3) is 0.200. The first-order chi connectivity index (χ1) is 7.18. The molecule has 0 bridgehead atoms. The first kappa shape index (κ1) is 9.51. The zero-order valence-electron chi connectivity index (χ0n) is 7.96. The van der Waals surface area contributed by atoms with E-state index in [0.717, 1.165) is 5.69 Å². The Morgan fingerprint density at radius 1 is 1.40 bits per heavy atom. The maximum atomic E-state index is 11.4. The smallest absolute Gasteiger partial charge is 0.344 e. The second-order valence-corrected chi connectivity index (χ2v) is 3.28. The van der Waals surface area contributed by atoms with Crippen LogP contribution in [0, 0.1) is 0 Å². The largest absolute Gasteiger partial charge is 0.368 e. The minimum atomic E-state index is -0.724. The number of hydrogen-bond donors (Lipinski definition) is 1. The Labute approximate surface area is 86.9 Å². The quantitative estimate of drug-likeness (QED) is 0.740. The third kappa shape index (κ3) is 1.76. The number of rotatable bonds is 2. The highest BCUT2D eigenvalue weighted by molar-refractivity contribution is 5.99. The molecule has 5 nitrogen and oxygen atoms in total. The zero-order chi connectivity index (χ0) is 10.8. The second kappa shape index (κ2) is 3.61. The van der Waals surface area contributed by atoms with Crippen molar-refractivity contribution < 1.29 is 9.59 Å². The molecule has 1 heterocycles. The van der Waals surface area contributed by atoms with Gasteiger partial charge in [0.15, 0.2) is 6.04 Å². The molecule has 0 aromatic heterocycles. The van der Waals surface area contributed by atoms with E-state index < -0.39 is 18.0 Å². The Morgan fingerprint density at radius 3 is 2.60 bits per heavy atom. The summed E-state index contributed by atoms with van der Waals surface area (Å²) in [6.45, 7) is 0.234. The van der Waals surface area contributed by atoms with Crippen molar-refractivity contribution >= 4 is 17.6 Å². The van der Waals surface area contributed by atoms with Gasteiger partial charge in [0.25, 0.3) is 0 Å². The lowest BCUT2D eigenvalue weighted by Gasteiger charge is -2.13. The average Bonchev–Trinajstić information content (AvgIpc) is 2.62. The van der Waals surface area contributed by atoms with E-state index in [4.69, 9.17) is 5.73 Å². The molecule has 15 heavy (non-hydrogen) atoms. The van der Waals surface area contributed by atoms with Crippen LogP contribution >= 0.6 is 0 Å². The number of para-hydroxylation sites is 1. The lowest BCUT2D eigenvalue weighted by Crippen LogP contribution is -2.35. The fourth-order valence-electron chi connectivity index (χ4n) is 1.47. The molecule has 1 aromatic rings. The lowest BCUT2D eigenvalue weighted by molar-refractivity contribution is -0.119. The number of amides is 3. The Balaban J connectivity index is 2.19. The number of urea groups is 1. The van der Waals surface area contributed by atoms with Gasteiger partial charge in [-0.15, -0.1) is 0 Å². The lowest BCUT2D eigenvalue weighted by atomic mass is 10.2. The van der Waals surface area contributed by atoms with Crippen molar-refractivity contribution in [1.29, 1.82) is 0 Å². The van der Waals surface area contributed by atoms with Gasteiger partial charge in [-0.25, -0.2) is 10.1 Å². The maximum absolute atomic E-state index is 11.4. The van der Waals surface area contributed by atoms with Crippen molar-refractivity contribution in [3.8, 4) is 0 Å². The molecule has 0 aliphatic carbocycles. The maximum Gasteiger partial charge on any atom is 0.344 e. The summed E-state index contributed by atoms with van der Waals surface area (Å²) in [5.41, 5.74) is 5.82. The number of carbonyl (C=O) groups is 2. The molecule has 0 saturated carbocycles. The van der Waals surface area contributed by atoms with Crippen LogP contribution in [0.1, 0.15) is 0 Å². The standard InChI is InChI=1S/C10H10N3O2/c11-9(14)8-6-13(10(15)12-8)7-4-2-1-3-5-7/h1-5,8H,6H2,(H2,11,14). The number of primary amides is 1. The van der Waals surface area contributed by atoms with Gasteiger partial charge in [0.2, 0.25) is 5.91 Å². The van der Waals surface area contributed by atoms with E-state index >= 15 is 0 Å². The van der Waals surface area contributed by atoms with Gasteiger partial charge in [-0.3, -0.25) is 9.69 Å². The molecule has 1 aliphatic heterocycles. The summed E-state index contributed by atoms with van der Waals surface area (Å²) < 4.78 is 0. The van der Waals surface area contributed by atoms with Crippen molar-refractivity contribution in [2.75, 3.05) is 11.4 Å². The number of anilines is 1. The SMILES string of the molecule is NC(=O)C1CN(c2ccccc2)C(=O)[N]1. The molecule has 1 saturated heterocycles. The summed E-state index contributed by atoms with van der Waals surface area (Å²) in [5.74, 6) is -0.568. The number of carbonyl (C=O) groups excluding carboxylic acids is 2. The number of nitrogens with two attached hydrogens (primary N) is 1. The van der Waals surface area contributed by atoms with Crippen LogP contribution in [0.25, 0.3) is 0 Å². The summed E-state index contributed by atoms with van der Waals surface area (Å²) in [6, 6.07) is 7.93. The minimum Gasteiger partial charge on any atom is -0.368 e. The van der Waals surface area contributed by atoms with Gasteiger partial charge in [-0.05, 0) is 12.1 Å². The third-order valence-corrected chi connectivity index (χ3v) is 2.25. The summed E-state index contributed by atoms with van der Waals surface area (Å²) in [7, 11) is 0. The summed E-state index contributed by atoms with van der Waals surface area (Å²) in [4.78, 5) is 23.8. The molecule has 2 N–H and O–H groups in total. The monoisotopic (exact) mass is 204 g/mol. The van der Waals surface area contributed by atoms with Gasteiger partial charge in [0, 0.05) is 5.69 Å². The van der Waals surface area contributed by atoms with Crippen molar-refractivity contribution in [3.63, 3.8) is 0 Å². The highest BCUT2D eigenvalue weighted by Crippen LogP contribution is 2.18. The minimum absolute atomic E-state index is 0.234. The van der Waals surface area contributed by atoms with Crippen LogP contribution in [0.2, 0.25) is 0 Å². The van der Waals surface area contributed by atoms with Crippen LogP contribution in [-0.2, 0) is 4.79 Å². The molecule has 0 spiro atoms. The first-order valence-corrected chi connectivity index (χ1v) is 4.55. The predicted octanol–water partition coefficient (Wildman–Crippen LogP) is 0.0849. The van der Waals surface area contributed by atoms with E-state index in [0.29, 0.717) is 0 Å². The molecule has 2 rings (SSSR count). The van der Waals surface area contributed by atoms with Gasteiger partial charge >= 0.3 is 6.03 Å². The molecule has 1 atom stereocenters. The van der Waals surface area contributed by atoms with Gasteiger partial charge < -0.3 is 5.73 Å². The number of benzene rings is 1. The van der Waals surface area contributed by atoms with Gasteiger partial charge in [0.1, 0.15) is 0 Å². The van der Waals surface area contributed by atoms with E-state index in [1.165, 1.54) is 4.90 Å². The van der Waals surface area contributed by atoms with Crippen molar-refractivity contribution in [3.05, 3.63) is 30.3 Å². The van der Waals surface area contributed by atoms with Gasteiger partial charge in [-0.2, -0.15) is 0 Å². The third-order valence-electron chi connectivity index (χ3n) is 2.25. The van der Waals surface area contributed by atoms with Crippen LogP contribution in [-0.4, -0.2) is 24.5 Å². The summed E-state index contributed by atoms with van der Waals surface area (Å²) in [6.07, 6.45) is 0. The molecule has 1 fully saturated rings. The number of hydrogen-bond acceptors (Lipinski definition) is 2. The molecule has 1 aliphatic rings. The summed E-state index contributed by atoms with van der Waals surface area (Å²) in [5, 5.41) is 3.66. The molecular weight excluding hydrogens is 194 g/mol. The highest BCUT2D eigenvalue weighted by atomic mass is 16.2. The average molecular weight is 204 g/mol. The Morgan fingerprint density at radius 2 is 2.07 bits per heavy atom. The van der Waals surface area contributed by atoms with Gasteiger partial charge in [0.05, 0.1) is 6.54 Å². The van der Waals surface area contributed by atoms with Crippen LogP contribution in [0.15, 0.2) is 30.3 Å². The normalized spacial score (nSPS) is 20.1. The van der Waals surface area contributed by atoms with Crippen LogP contribution in [0.5, 0.6) is 0 Å². The highest BCUT2D eigenvalue weighted by Gasteiger charge is 2.34. The van der Waals surface area contributed by atoms with Gasteiger partial charge in [-0.1, -0.05) is 18.2 Å². The number of nitrogens with zero attached hydrogens (tertiary/aromatic N) is 2.